The van der Waals surface area contributed by atoms with E-state index in [1.807, 2.05) is 6.07 Å². The fourth-order valence-corrected chi connectivity index (χ4v) is 1.19. The predicted octanol–water partition coefficient (Wildman–Crippen LogP) is 1.82. The number of hydrogen-bond donors (Lipinski definition) is 0. The summed E-state index contributed by atoms with van der Waals surface area (Å²) in [4.78, 5) is 34.1. The van der Waals surface area contributed by atoms with Crippen LogP contribution in [0.4, 0.5) is 0 Å². The van der Waals surface area contributed by atoms with Gasteiger partial charge in [-0.15, -0.1) is 0 Å². The Labute approximate surface area is 123 Å². The Kier molecular flexibility index (Phi) is 5.90. The van der Waals surface area contributed by atoms with Crippen LogP contribution >= 0.6 is 0 Å². The monoisotopic (exact) mass is 294 g/mol. The molecule has 0 aliphatic rings. The zero-order valence-electron chi connectivity index (χ0n) is 12.3. The summed E-state index contributed by atoms with van der Waals surface area (Å²) >= 11 is 0. The molecule has 6 nitrogen and oxygen atoms in total. The van der Waals surface area contributed by atoms with Gasteiger partial charge in [-0.3, -0.25) is 4.79 Å². The van der Waals surface area contributed by atoms with Gasteiger partial charge in [0.2, 0.25) is 6.79 Å². The van der Waals surface area contributed by atoms with Gasteiger partial charge in [0.05, 0.1) is 5.41 Å². The van der Waals surface area contributed by atoms with Crippen molar-refractivity contribution in [2.24, 2.45) is 5.41 Å². The maximum absolute atomic E-state index is 11.4. The Morgan fingerprint density at radius 2 is 1.48 bits per heavy atom. The molecule has 6 heteroatoms. The largest absolute Gasteiger partial charge is 0.452 e. The lowest BCUT2D eigenvalue weighted by Crippen LogP contribution is -2.27. The van der Waals surface area contributed by atoms with E-state index in [0.717, 1.165) is 5.56 Å². The van der Waals surface area contributed by atoms with Crippen molar-refractivity contribution < 1.29 is 28.6 Å². The molecule has 0 N–H and O–H groups in total. The van der Waals surface area contributed by atoms with Crippen molar-refractivity contribution in [1.82, 2.24) is 0 Å². The van der Waals surface area contributed by atoms with Crippen molar-refractivity contribution in [3.63, 3.8) is 0 Å². The number of carbonyl (C=O) groups is 3. The lowest BCUT2D eigenvalue weighted by atomic mass is 9.98. The Morgan fingerprint density at radius 1 is 0.905 bits per heavy atom. The van der Waals surface area contributed by atoms with Crippen LogP contribution in [0.1, 0.15) is 26.3 Å². The molecule has 1 rings (SSSR count). The molecule has 0 radical (unpaired) electrons. The maximum Gasteiger partial charge on any atom is 0.420 e. The Morgan fingerprint density at radius 3 is 2.05 bits per heavy atom. The molecule has 0 amide bonds. The molecular formula is C15H18O6. The number of hydrogen-bond acceptors (Lipinski definition) is 6. The van der Waals surface area contributed by atoms with E-state index >= 15 is 0 Å². The van der Waals surface area contributed by atoms with Crippen LogP contribution in [0.2, 0.25) is 0 Å². The Hall–Kier alpha value is -2.37. The number of rotatable bonds is 4. The van der Waals surface area contributed by atoms with Crippen LogP contribution in [0, 0.1) is 5.41 Å². The highest BCUT2D eigenvalue weighted by molar-refractivity contribution is 6.29. The van der Waals surface area contributed by atoms with Gasteiger partial charge in [0, 0.05) is 0 Å². The lowest BCUT2D eigenvalue weighted by Gasteiger charge is -2.16. The number of benzene rings is 1. The average Bonchev–Trinajstić information content (AvgIpc) is 2.44. The second-order valence-electron chi connectivity index (χ2n) is 5.29. The Balaban J connectivity index is 2.29. The molecule has 0 fully saturated rings. The molecule has 0 spiro atoms. The SMILES string of the molecule is CC(C)(C)C(=O)OCOC(=O)C(=O)OCc1ccccc1. The molecule has 0 aliphatic carbocycles. The minimum atomic E-state index is -1.20. The Bertz CT molecular complexity index is 501. The number of ether oxygens (including phenoxy) is 3. The van der Waals surface area contributed by atoms with Crippen molar-refractivity contribution in [2.45, 2.75) is 27.4 Å². The minimum absolute atomic E-state index is 0.0312. The summed E-state index contributed by atoms with van der Waals surface area (Å²) in [5.41, 5.74) is 0.0399. The summed E-state index contributed by atoms with van der Waals surface area (Å²) in [7, 11) is 0. The summed E-state index contributed by atoms with van der Waals surface area (Å²) in [5.74, 6) is -2.87. The quantitative estimate of drug-likeness (QED) is 0.479. The van der Waals surface area contributed by atoms with E-state index in [4.69, 9.17) is 9.47 Å². The van der Waals surface area contributed by atoms with Crippen LogP contribution in [0.5, 0.6) is 0 Å². The zero-order chi connectivity index (χ0) is 15.9. The second-order valence-corrected chi connectivity index (χ2v) is 5.29. The first kappa shape index (κ1) is 16.7. The van der Waals surface area contributed by atoms with E-state index in [2.05, 4.69) is 4.74 Å². The van der Waals surface area contributed by atoms with Gasteiger partial charge in [-0.2, -0.15) is 0 Å². The van der Waals surface area contributed by atoms with Gasteiger partial charge in [0.25, 0.3) is 0 Å². The van der Waals surface area contributed by atoms with Gasteiger partial charge in [0.15, 0.2) is 0 Å². The summed E-state index contributed by atoms with van der Waals surface area (Å²) in [6.07, 6.45) is 0. The van der Waals surface area contributed by atoms with Crippen molar-refractivity contribution >= 4 is 17.9 Å². The van der Waals surface area contributed by atoms with Crippen molar-refractivity contribution in [1.29, 1.82) is 0 Å². The van der Waals surface area contributed by atoms with Crippen LogP contribution < -0.4 is 0 Å². The summed E-state index contributed by atoms with van der Waals surface area (Å²) in [5, 5.41) is 0. The van der Waals surface area contributed by atoms with Gasteiger partial charge < -0.3 is 14.2 Å². The molecule has 114 valence electrons. The third kappa shape index (κ3) is 6.07. The molecule has 0 saturated carbocycles. The minimum Gasteiger partial charge on any atom is -0.452 e. The summed E-state index contributed by atoms with van der Waals surface area (Å²) in [6, 6.07) is 8.90. The predicted molar refractivity (Wildman–Crippen MR) is 72.7 cm³/mol. The molecule has 1 aromatic carbocycles. The lowest BCUT2D eigenvalue weighted by molar-refractivity contribution is -0.182. The van der Waals surface area contributed by atoms with E-state index in [-0.39, 0.29) is 6.61 Å². The molecule has 0 aromatic heterocycles. The molecular weight excluding hydrogens is 276 g/mol. The smallest absolute Gasteiger partial charge is 0.420 e. The van der Waals surface area contributed by atoms with Crippen LogP contribution in [0.25, 0.3) is 0 Å². The third-order valence-electron chi connectivity index (χ3n) is 2.37. The van der Waals surface area contributed by atoms with Gasteiger partial charge >= 0.3 is 17.9 Å². The number of carbonyl (C=O) groups excluding carboxylic acids is 3. The molecule has 1 aromatic rings. The number of esters is 3. The van der Waals surface area contributed by atoms with Gasteiger partial charge in [-0.25, -0.2) is 9.59 Å². The standard InChI is InChI=1S/C15H18O6/c1-15(2,3)14(18)21-10-20-13(17)12(16)19-9-11-7-5-4-6-8-11/h4-8H,9-10H2,1-3H3. The van der Waals surface area contributed by atoms with Gasteiger partial charge in [-0.05, 0) is 26.3 Å². The molecule has 0 heterocycles. The highest BCUT2D eigenvalue weighted by atomic mass is 16.7. The van der Waals surface area contributed by atoms with Gasteiger partial charge in [0.1, 0.15) is 6.61 Å². The second kappa shape index (κ2) is 7.42. The van der Waals surface area contributed by atoms with E-state index in [1.54, 1.807) is 45.0 Å². The first-order valence-corrected chi connectivity index (χ1v) is 6.36. The maximum atomic E-state index is 11.4. The molecule has 0 bridgehead atoms. The summed E-state index contributed by atoms with van der Waals surface area (Å²) in [6.45, 7) is 4.33. The topological polar surface area (TPSA) is 78.9 Å². The van der Waals surface area contributed by atoms with E-state index in [1.165, 1.54) is 0 Å². The van der Waals surface area contributed by atoms with Crippen LogP contribution in [0.15, 0.2) is 30.3 Å². The van der Waals surface area contributed by atoms with Gasteiger partial charge in [-0.1, -0.05) is 30.3 Å². The van der Waals surface area contributed by atoms with E-state index in [9.17, 15) is 14.4 Å². The van der Waals surface area contributed by atoms with E-state index < -0.39 is 30.1 Å². The van der Waals surface area contributed by atoms with Crippen molar-refractivity contribution in [3.8, 4) is 0 Å². The normalized spacial score (nSPS) is 10.6. The summed E-state index contributed by atoms with van der Waals surface area (Å²) < 4.78 is 14.0. The first-order valence-electron chi connectivity index (χ1n) is 6.36. The van der Waals surface area contributed by atoms with Crippen LogP contribution in [0.3, 0.4) is 0 Å². The van der Waals surface area contributed by atoms with E-state index in [0.29, 0.717) is 0 Å². The highest BCUT2D eigenvalue weighted by Gasteiger charge is 2.24. The van der Waals surface area contributed by atoms with Crippen LogP contribution in [-0.2, 0) is 35.2 Å². The molecule has 21 heavy (non-hydrogen) atoms. The average molecular weight is 294 g/mol. The third-order valence-corrected chi connectivity index (χ3v) is 2.37. The molecule has 0 atom stereocenters. The zero-order valence-corrected chi connectivity index (χ0v) is 12.3. The van der Waals surface area contributed by atoms with Crippen LogP contribution in [-0.4, -0.2) is 24.7 Å². The highest BCUT2D eigenvalue weighted by Crippen LogP contribution is 2.14. The molecule has 0 saturated heterocycles. The molecule has 0 unspecified atom stereocenters. The van der Waals surface area contributed by atoms with Crippen molar-refractivity contribution in [2.75, 3.05) is 6.79 Å². The van der Waals surface area contributed by atoms with Crippen molar-refractivity contribution in [3.05, 3.63) is 35.9 Å². The molecule has 0 aliphatic heterocycles. The fraction of sp³-hybridized carbons (Fsp3) is 0.400. The fourth-order valence-electron chi connectivity index (χ4n) is 1.19. The first-order chi connectivity index (χ1) is 9.80.